The number of benzene rings is 1. The van der Waals surface area contributed by atoms with Crippen LogP contribution in [0.25, 0.3) is 22.0 Å². The smallest absolute Gasteiger partial charge is 0.225 e. The first-order valence-electron chi connectivity index (χ1n) is 9.86. The number of carbonyl (C=O) groups is 1. The Bertz CT molecular complexity index is 961. The lowest BCUT2D eigenvalue weighted by Gasteiger charge is -2.33. The number of carbonyl (C=O) groups excluding carboxylic acids is 1. The number of aromatic nitrogens is 2. The largest absolute Gasteiger partial charge is 0.489 e. The summed E-state index contributed by atoms with van der Waals surface area (Å²) in [5.41, 5.74) is 1.99. The maximum atomic E-state index is 12.1. The molecule has 4 rings (SSSR count). The molecule has 1 fully saturated rings. The zero-order valence-electron chi connectivity index (χ0n) is 16.3. The van der Waals surface area contributed by atoms with E-state index < -0.39 is 0 Å². The molecule has 5 nitrogen and oxygen atoms in total. The zero-order chi connectivity index (χ0) is 19.5. The average molecular weight is 375 g/mol. The summed E-state index contributed by atoms with van der Waals surface area (Å²) >= 11 is 0. The lowest BCUT2D eigenvalue weighted by Crippen LogP contribution is -2.43. The third-order valence-corrected chi connectivity index (χ3v) is 5.22. The minimum absolute atomic E-state index is 0.0561. The molecule has 1 aliphatic rings. The molecule has 0 radical (unpaired) electrons. The highest BCUT2D eigenvalue weighted by molar-refractivity contribution is 5.86. The van der Waals surface area contributed by atoms with Gasteiger partial charge in [0.05, 0.1) is 11.9 Å². The number of amides is 1. The van der Waals surface area contributed by atoms with E-state index in [4.69, 9.17) is 4.74 Å². The topological polar surface area (TPSA) is 55.3 Å². The molecule has 0 unspecified atom stereocenters. The van der Waals surface area contributed by atoms with Crippen LogP contribution in [-0.4, -0.2) is 40.0 Å². The highest BCUT2D eigenvalue weighted by Gasteiger charge is 2.25. The molecule has 0 bridgehead atoms. The van der Waals surface area contributed by atoms with Crippen LogP contribution in [0, 0.1) is 5.92 Å². The number of nitrogens with zero attached hydrogens (tertiary/aromatic N) is 3. The fourth-order valence-electron chi connectivity index (χ4n) is 3.62. The number of fused-ring (bicyclic) bond motifs is 1. The Morgan fingerprint density at radius 2 is 1.89 bits per heavy atom. The first kappa shape index (κ1) is 18.4. The summed E-state index contributed by atoms with van der Waals surface area (Å²) in [5, 5.41) is 2.27. The Hall–Kier alpha value is -2.95. The Morgan fingerprint density at radius 3 is 2.61 bits per heavy atom. The normalized spacial score (nSPS) is 15.2. The molecular formula is C23H25N3O2. The van der Waals surface area contributed by atoms with E-state index in [2.05, 4.69) is 28.2 Å². The van der Waals surface area contributed by atoms with Crippen molar-refractivity contribution in [3.8, 4) is 17.0 Å². The highest BCUT2D eigenvalue weighted by Crippen LogP contribution is 2.25. The monoisotopic (exact) mass is 375 g/mol. The molecule has 0 atom stereocenters. The van der Waals surface area contributed by atoms with Crippen molar-refractivity contribution < 1.29 is 9.53 Å². The molecule has 0 aliphatic carbocycles. The quantitative estimate of drug-likeness (QED) is 0.681. The van der Waals surface area contributed by atoms with Crippen LogP contribution in [-0.2, 0) is 4.79 Å². The molecule has 1 aromatic carbocycles. The van der Waals surface area contributed by atoms with Gasteiger partial charge in [-0.1, -0.05) is 26.0 Å². The van der Waals surface area contributed by atoms with Crippen molar-refractivity contribution in [1.82, 2.24) is 14.9 Å². The fourth-order valence-corrected chi connectivity index (χ4v) is 3.62. The van der Waals surface area contributed by atoms with Gasteiger partial charge in [-0.05, 0) is 29.7 Å². The van der Waals surface area contributed by atoms with Gasteiger partial charge in [0.2, 0.25) is 5.91 Å². The summed E-state index contributed by atoms with van der Waals surface area (Å²) in [6, 6.07) is 12.2. The predicted octanol–water partition coefficient (Wildman–Crippen LogP) is 4.32. The molecule has 0 N–H and O–H groups in total. The summed E-state index contributed by atoms with van der Waals surface area (Å²) in [7, 11) is 0. The van der Waals surface area contributed by atoms with Gasteiger partial charge >= 0.3 is 0 Å². The molecule has 5 heteroatoms. The minimum atomic E-state index is 0.0561. The number of hydrogen-bond acceptors (Lipinski definition) is 4. The van der Waals surface area contributed by atoms with Crippen LogP contribution in [0.5, 0.6) is 5.75 Å². The number of piperidine rings is 1. The number of pyridine rings is 2. The molecule has 0 saturated carbocycles. The second kappa shape index (κ2) is 7.97. The van der Waals surface area contributed by atoms with Gasteiger partial charge in [-0.2, -0.15) is 0 Å². The maximum absolute atomic E-state index is 12.1. The van der Waals surface area contributed by atoms with Gasteiger partial charge in [-0.3, -0.25) is 14.8 Å². The molecule has 1 saturated heterocycles. The van der Waals surface area contributed by atoms with Crippen LogP contribution in [0.15, 0.2) is 55.0 Å². The van der Waals surface area contributed by atoms with Gasteiger partial charge in [0.15, 0.2) is 0 Å². The fraction of sp³-hybridized carbons (Fsp3) is 0.348. The van der Waals surface area contributed by atoms with E-state index in [0.717, 1.165) is 53.7 Å². The second-order valence-electron chi connectivity index (χ2n) is 7.61. The predicted molar refractivity (Wildman–Crippen MR) is 110 cm³/mol. The van der Waals surface area contributed by atoms with Crippen LogP contribution in [0.4, 0.5) is 0 Å². The van der Waals surface area contributed by atoms with Crippen molar-refractivity contribution >= 4 is 16.7 Å². The van der Waals surface area contributed by atoms with Crippen molar-refractivity contribution in [1.29, 1.82) is 0 Å². The summed E-state index contributed by atoms with van der Waals surface area (Å²) in [6.45, 7) is 5.42. The third kappa shape index (κ3) is 3.98. The lowest BCUT2D eigenvalue weighted by atomic mass is 10.1. The molecular weight excluding hydrogens is 350 g/mol. The van der Waals surface area contributed by atoms with Crippen LogP contribution in [0.3, 0.4) is 0 Å². The Balaban J connectivity index is 1.39. The standard InChI is InChI=1S/C23H25N3O2/c1-16(2)23(27)26-11-8-20(9-12-26)28-21-5-6-22(25-15-21)18-3-4-19-14-24-10-7-17(19)13-18/h3-7,10,13-16,20H,8-9,11-12H2,1-2H3. The van der Waals surface area contributed by atoms with Gasteiger partial charge in [0.25, 0.3) is 0 Å². The van der Waals surface area contributed by atoms with Gasteiger partial charge in [0, 0.05) is 55.2 Å². The van der Waals surface area contributed by atoms with E-state index in [9.17, 15) is 4.79 Å². The van der Waals surface area contributed by atoms with E-state index in [1.165, 1.54) is 0 Å². The summed E-state index contributed by atoms with van der Waals surface area (Å²) in [4.78, 5) is 22.8. The summed E-state index contributed by atoms with van der Waals surface area (Å²) in [5.74, 6) is 1.07. The van der Waals surface area contributed by atoms with Crippen molar-refractivity contribution in [2.24, 2.45) is 5.92 Å². The van der Waals surface area contributed by atoms with E-state index >= 15 is 0 Å². The lowest BCUT2D eigenvalue weighted by molar-refractivity contribution is -0.136. The number of hydrogen-bond donors (Lipinski definition) is 0. The number of ether oxygens (including phenoxy) is 1. The first-order valence-corrected chi connectivity index (χ1v) is 9.86. The average Bonchev–Trinajstić information content (AvgIpc) is 2.74. The Kier molecular flexibility index (Phi) is 5.24. The van der Waals surface area contributed by atoms with E-state index in [0.29, 0.717) is 0 Å². The SMILES string of the molecule is CC(C)C(=O)N1CCC(Oc2ccc(-c3ccc4cnccc4c3)nc2)CC1. The van der Waals surface area contributed by atoms with Gasteiger partial charge in [0.1, 0.15) is 11.9 Å². The zero-order valence-corrected chi connectivity index (χ0v) is 16.3. The van der Waals surface area contributed by atoms with Crippen LogP contribution in [0.1, 0.15) is 26.7 Å². The molecule has 3 aromatic rings. The molecule has 144 valence electrons. The Labute approximate surface area is 165 Å². The molecule has 0 spiro atoms. The molecule has 1 amide bonds. The molecule has 28 heavy (non-hydrogen) atoms. The Morgan fingerprint density at radius 1 is 1.07 bits per heavy atom. The summed E-state index contributed by atoms with van der Waals surface area (Å²) in [6.07, 6.45) is 7.31. The molecule has 1 aliphatic heterocycles. The van der Waals surface area contributed by atoms with Crippen molar-refractivity contribution in [3.63, 3.8) is 0 Å². The van der Waals surface area contributed by atoms with Crippen molar-refractivity contribution in [2.45, 2.75) is 32.8 Å². The number of likely N-dealkylation sites (tertiary alicyclic amines) is 1. The third-order valence-electron chi connectivity index (χ3n) is 5.22. The van der Waals surface area contributed by atoms with E-state index in [-0.39, 0.29) is 17.9 Å². The van der Waals surface area contributed by atoms with Crippen molar-refractivity contribution in [3.05, 3.63) is 55.0 Å². The second-order valence-corrected chi connectivity index (χ2v) is 7.61. The van der Waals surface area contributed by atoms with Crippen molar-refractivity contribution in [2.75, 3.05) is 13.1 Å². The summed E-state index contributed by atoms with van der Waals surface area (Å²) < 4.78 is 6.10. The minimum Gasteiger partial charge on any atom is -0.489 e. The van der Waals surface area contributed by atoms with Crippen LogP contribution < -0.4 is 4.74 Å². The highest BCUT2D eigenvalue weighted by atomic mass is 16.5. The van der Waals surface area contributed by atoms with Gasteiger partial charge in [-0.25, -0.2) is 0 Å². The molecule has 2 aromatic heterocycles. The van der Waals surface area contributed by atoms with Crippen LogP contribution >= 0.6 is 0 Å². The van der Waals surface area contributed by atoms with E-state index in [1.807, 2.05) is 43.1 Å². The maximum Gasteiger partial charge on any atom is 0.225 e. The first-order chi connectivity index (χ1) is 13.6. The number of rotatable bonds is 4. The van der Waals surface area contributed by atoms with Gasteiger partial charge in [-0.15, -0.1) is 0 Å². The van der Waals surface area contributed by atoms with Crippen LogP contribution in [0.2, 0.25) is 0 Å². The van der Waals surface area contributed by atoms with E-state index in [1.54, 1.807) is 12.4 Å². The van der Waals surface area contributed by atoms with Gasteiger partial charge < -0.3 is 9.64 Å². The molecule has 3 heterocycles.